The number of hydrogen-bond acceptors (Lipinski definition) is 2. The molecule has 2 nitrogen and oxygen atoms in total. The maximum absolute atomic E-state index is 10.9. The Morgan fingerprint density at radius 3 is 2.31 bits per heavy atom. The average Bonchev–Trinajstić information content (AvgIpc) is 2.73. The Labute approximate surface area is 180 Å². The molecular formula is C25H21Cl2NO. The van der Waals surface area contributed by atoms with E-state index in [0.717, 1.165) is 27.5 Å². The van der Waals surface area contributed by atoms with Gasteiger partial charge < -0.3 is 5.11 Å². The summed E-state index contributed by atoms with van der Waals surface area (Å²) >= 11 is 12.7. The van der Waals surface area contributed by atoms with E-state index in [2.05, 4.69) is 24.4 Å². The average molecular weight is 422 g/mol. The third-order valence-corrected chi connectivity index (χ3v) is 5.79. The topological polar surface area (TPSA) is 32.3 Å². The van der Waals surface area contributed by atoms with Gasteiger partial charge in [-0.05, 0) is 47.0 Å². The Kier molecular flexibility index (Phi) is 5.77. The van der Waals surface area contributed by atoms with Gasteiger partial charge in [0.1, 0.15) is 5.75 Å². The molecule has 0 unspecified atom stereocenters. The van der Waals surface area contributed by atoms with Crippen LogP contribution in [0, 0.1) is 0 Å². The molecule has 0 aliphatic rings. The van der Waals surface area contributed by atoms with E-state index in [1.54, 1.807) is 12.1 Å². The van der Waals surface area contributed by atoms with E-state index in [0.29, 0.717) is 10.0 Å². The highest BCUT2D eigenvalue weighted by atomic mass is 35.5. The van der Waals surface area contributed by atoms with Crippen molar-refractivity contribution in [2.24, 2.45) is 0 Å². The van der Waals surface area contributed by atoms with E-state index in [9.17, 15) is 5.11 Å². The van der Waals surface area contributed by atoms with Crippen LogP contribution >= 0.6 is 23.2 Å². The van der Waals surface area contributed by atoms with Crippen LogP contribution in [0.15, 0.2) is 84.9 Å². The molecule has 0 spiro atoms. The Morgan fingerprint density at radius 2 is 1.55 bits per heavy atom. The van der Waals surface area contributed by atoms with Gasteiger partial charge in [-0.25, -0.2) is 0 Å². The van der Waals surface area contributed by atoms with Crippen LogP contribution in [0.5, 0.6) is 5.75 Å². The van der Waals surface area contributed by atoms with Crippen LogP contribution in [0.3, 0.4) is 0 Å². The van der Waals surface area contributed by atoms with Crippen LogP contribution in [0.4, 0.5) is 0 Å². The van der Waals surface area contributed by atoms with E-state index >= 15 is 0 Å². The quantitative estimate of drug-likeness (QED) is 0.354. The first-order valence-corrected chi connectivity index (χ1v) is 10.3. The van der Waals surface area contributed by atoms with Gasteiger partial charge in [0.15, 0.2) is 0 Å². The zero-order valence-corrected chi connectivity index (χ0v) is 17.5. The third-order valence-electron chi connectivity index (χ3n) is 5.23. The van der Waals surface area contributed by atoms with Crippen molar-refractivity contribution in [1.82, 2.24) is 5.32 Å². The van der Waals surface area contributed by atoms with Crippen molar-refractivity contribution in [3.05, 3.63) is 112 Å². The fourth-order valence-corrected chi connectivity index (χ4v) is 4.26. The van der Waals surface area contributed by atoms with Crippen molar-refractivity contribution >= 4 is 34.0 Å². The normalized spacial score (nSPS) is 13.3. The Balaban J connectivity index is 1.88. The van der Waals surface area contributed by atoms with Crippen molar-refractivity contribution in [1.29, 1.82) is 0 Å². The molecule has 0 aliphatic carbocycles. The zero-order valence-electron chi connectivity index (χ0n) is 15.9. The standard InChI is InChI=1S/C25H21Cl2NO/c1-16(17-7-3-2-4-8-17)28-25(21-13-12-19(26)15-22(21)27)24-20-10-6-5-9-18(20)11-14-23(24)29/h2-16,25,28-29H,1H3/t16-,25+/m1/s1. The molecule has 0 saturated carbocycles. The molecule has 2 atom stereocenters. The molecule has 0 heterocycles. The van der Waals surface area contributed by atoms with Gasteiger partial charge in [0, 0.05) is 21.7 Å². The van der Waals surface area contributed by atoms with Gasteiger partial charge in [-0.1, -0.05) is 89.9 Å². The second-order valence-electron chi connectivity index (χ2n) is 7.12. The molecule has 4 aromatic rings. The van der Waals surface area contributed by atoms with Gasteiger partial charge in [-0.15, -0.1) is 0 Å². The van der Waals surface area contributed by atoms with Crippen LogP contribution in [-0.2, 0) is 0 Å². The molecule has 0 saturated heterocycles. The monoisotopic (exact) mass is 421 g/mol. The molecule has 4 rings (SSSR count). The number of rotatable bonds is 5. The lowest BCUT2D eigenvalue weighted by atomic mass is 9.91. The molecule has 0 amide bonds. The highest BCUT2D eigenvalue weighted by Crippen LogP contribution is 2.40. The maximum atomic E-state index is 10.9. The van der Waals surface area contributed by atoms with Crippen LogP contribution in [-0.4, -0.2) is 5.11 Å². The number of aromatic hydroxyl groups is 1. The summed E-state index contributed by atoms with van der Waals surface area (Å²) in [7, 11) is 0. The SMILES string of the molecule is C[C@@H](N[C@@H](c1ccc(Cl)cc1Cl)c1c(O)ccc2ccccc12)c1ccccc1. The molecule has 0 bridgehead atoms. The summed E-state index contributed by atoms with van der Waals surface area (Å²) in [5.41, 5.74) is 2.82. The molecule has 4 aromatic carbocycles. The minimum atomic E-state index is -0.318. The van der Waals surface area contributed by atoms with E-state index in [1.807, 2.05) is 60.7 Å². The number of nitrogens with one attached hydrogen (secondary N) is 1. The van der Waals surface area contributed by atoms with Crippen LogP contribution in [0.2, 0.25) is 10.0 Å². The lowest BCUT2D eigenvalue weighted by Gasteiger charge is -2.27. The minimum absolute atomic E-state index is 0.0336. The summed E-state index contributed by atoms with van der Waals surface area (Å²) in [4.78, 5) is 0. The van der Waals surface area contributed by atoms with E-state index in [1.165, 1.54) is 0 Å². The molecule has 0 fully saturated rings. The lowest BCUT2D eigenvalue weighted by Crippen LogP contribution is -2.26. The van der Waals surface area contributed by atoms with E-state index < -0.39 is 0 Å². The fraction of sp³-hybridized carbons (Fsp3) is 0.120. The Bertz CT molecular complexity index is 1140. The predicted molar refractivity (Wildman–Crippen MR) is 122 cm³/mol. The smallest absolute Gasteiger partial charge is 0.121 e. The molecule has 4 heteroatoms. The van der Waals surface area contributed by atoms with Gasteiger partial charge in [-0.2, -0.15) is 0 Å². The molecule has 0 aromatic heterocycles. The zero-order chi connectivity index (χ0) is 20.4. The maximum Gasteiger partial charge on any atom is 0.121 e. The summed E-state index contributed by atoms with van der Waals surface area (Å²) in [6.07, 6.45) is 0. The van der Waals surface area contributed by atoms with Gasteiger partial charge >= 0.3 is 0 Å². The summed E-state index contributed by atoms with van der Waals surface area (Å²) in [5, 5.41) is 17.7. The van der Waals surface area contributed by atoms with Crippen LogP contribution in [0.25, 0.3) is 10.8 Å². The van der Waals surface area contributed by atoms with Crippen molar-refractivity contribution in [2.75, 3.05) is 0 Å². The number of phenols is 1. The first-order valence-electron chi connectivity index (χ1n) is 9.51. The summed E-state index contributed by atoms with van der Waals surface area (Å²) in [5.74, 6) is 0.229. The lowest BCUT2D eigenvalue weighted by molar-refractivity contribution is 0.449. The van der Waals surface area contributed by atoms with Crippen molar-refractivity contribution in [3.8, 4) is 5.75 Å². The van der Waals surface area contributed by atoms with E-state index in [-0.39, 0.29) is 17.8 Å². The Morgan fingerprint density at radius 1 is 0.828 bits per heavy atom. The molecule has 0 aliphatic heterocycles. The summed E-state index contributed by atoms with van der Waals surface area (Å²) in [6.45, 7) is 2.11. The summed E-state index contributed by atoms with van der Waals surface area (Å²) < 4.78 is 0. The highest BCUT2D eigenvalue weighted by Gasteiger charge is 2.24. The van der Waals surface area contributed by atoms with Gasteiger partial charge in [-0.3, -0.25) is 5.32 Å². The van der Waals surface area contributed by atoms with Crippen molar-refractivity contribution < 1.29 is 5.11 Å². The third kappa shape index (κ3) is 4.11. The molecular weight excluding hydrogens is 401 g/mol. The number of fused-ring (bicyclic) bond motifs is 1. The second kappa shape index (κ2) is 8.46. The van der Waals surface area contributed by atoms with Crippen molar-refractivity contribution in [3.63, 3.8) is 0 Å². The number of hydrogen-bond donors (Lipinski definition) is 2. The van der Waals surface area contributed by atoms with Gasteiger partial charge in [0.2, 0.25) is 0 Å². The van der Waals surface area contributed by atoms with E-state index in [4.69, 9.17) is 23.2 Å². The molecule has 146 valence electrons. The van der Waals surface area contributed by atoms with Gasteiger partial charge in [0.25, 0.3) is 0 Å². The first-order chi connectivity index (χ1) is 14.0. The highest BCUT2D eigenvalue weighted by molar-refractivity contribution is 6.35. The molecule has 2 N–H and O–H groups in total. The van der Waals surface area contributed by atoms with Crippen LogP contribution in [0.1, 0.15) is 35.7 Å². The van der Waals surface area contributed by atoms with Gasteiger partial charge in [0.05, 0.1) is 6.04 Å². The Hall–Kier alpha value is -2.52. The minimum Gasteiger partial charge on any atom is -0.508 e. The number of benzene rings is 4. The number of halogens is 2. The summed E-state index contributed by atoms with van der Waals surface area (Å²) in [6, 6.07) is 27.1. The first kappa shape index (κ1) is 19.8. The number of phenolic OH excluding ortho intramolecular Hbond substituents is 1. The predicted octanol–water partition coefficient (Wildman–Crippen LogP) is 7.29. The molecule has 0 radical (unpaired) electrons. The second-order valence-corrected chi connectivity index (χ2v) is 7.96. The van der Waals surface area contributed by atoms with Crippen LogP contribution < -0.4 is 5.32 Å². The largest absolute Gasteiger partial charge is 0.508 e. The molecule has 29 heavy (non-hydrogen) atoms. The van der Waals surface area contributed by atoms with Crippen molar-refractivity contribution in [2.45, 2.75) is 19.0 Å². The fourth-order valence-electron chi connectivity index (χ4n) is 3.74.